The molecule has 0 spiro atoms. The first kappa shape index (κ1) is 28.4. The van der Waals surface area contributed by atoms with E-state index in [2.05, 4.69) is 65.8 Å². The van der Waals surface area contributed by atoms with Crippen LogP contribution in [0, 0.1) is 13.2 Å². The summed E-state index contributed by atoms with van der Waals surface area (Å²) in [6, 6.07) is 14.2. The Hall–Kier alpha value is -1.15. The third kappa shape index (κ3) is 7.43. The smallest absolute Gasteiger partial charge is 0.149 e. The van der Waals surface area contributed by atoms with Crippen LogP contribution in [-0.2, 0) is 18.6 Å². The van der Waals surface area contributed by atoms with Gasteiger partial charge in [0.1, 0.15) is 27.9 Å². The minimum atomic E-state index is -0.788. The van der Waals surface area contributed by atoms with Crippen LogP contribution in [0.5, 0.6) is 11.5 Å². The van der Waals surface area contributed by atoms with Gasteiger partial charge in [-0.15, -0.1) is 16.7 Å². The van der Waals surface area contributed by atoms with E-state index in [9.17, 15) is 10.2 Å². The Morgan fingerprint density at radius 1 is 1.11 bits per heavy atom. The van der Waals surface area contributed by atoms with Crippen LogP contribution < -0.4 is 9.47 Å². The molecule has 1 aromatic heterocycles. The second kappa shape index (κ2) is 12.9. The first-order valence-corrected chi connectivity index (χ1v) is 13.9. The van der Waals surface area contributed by atoms with Crippen molar-refractivity contribution in [3.8, 4) is 11.5 Å². The van der Waals surface area contributed by atoms with Gasteiger partial charge in [-0.3, -0.25) is 0 Å². The van der Waals surface area contributed by atoms with Crippen LogP contribution in [0.1, 0.15) is 37.6 Å². The maximum absolute atomic E-state index is 10.3. The van der Waals surface area contributed by atoms with Gasteiger partial charge in [-0.1, -0.05) is 44.2 Å². The number of alkyl halides is 1. The fourth-order valence-electron chi connectivity index (χ4n) is 3.47. The Labute approximate surface area is 238 Å². The number of hydrogen-bond donors (Lipinski definition) is 2. The summed E-state index contributed by atoms with van der Waals surface area (Å²) in [5.41, 5.74) is 2.70. The molecule has 1 heterocycles. The number of ether oxygens (including phenoxy) is 2. The second-order valence-electron chi connectivity index (χ2n) is 9.00. The molecule has 2 atom stereocenters. The average molecular weight is 722 g/mol. The number of benzene rings is 2. The molecule has 7 nitrogen and oxygen atoms in total. The van der Waals surface area contributed by atoms with Gasteiger partial charge in [0, 0.05) is 17.2 Å². The molecule has 0 radical (unpaired) electrons. The van der Waals surface area contributed by atoms with Gasteiger partial charge in [-0.05, 0) is 80.6 Å². The summed E-state index contributed by atoms with van der Waals surface area (Å²) in [4.78, 5) is 0. The molecule has 35 heavy (non-hydrogen) atoms. The van der Waals surface area contributed by atoms with E-state index in [1.165, 1.54) is 10.2 Å². The first-order valence-electron chi connectivity index (χ1n) is 11.2. The van der Waals surface area contributed by atoms with E-state index in [0.717, 1.165) is 14.9 Å². The lowest BCUT2D eigenvalue weighted by Crippen LogP contribution is -2.25. The molecule has 3 aromatic rings. The van der Waals surface area contributed by atoms with E-state index < -0.39 is 6.10 Å². The highest BCUT2D eigenvalue weighted by molar-refractivity contribution is 14.1. The highest BCUT2D eigenvalue weighted by Gasteiger charge is 2.24. The standard InChI is InChI=1S/C25H30ClI2N3O4/c1-16(11-26)14-35-23-9-6-18(10-21(23)27)25(2,3)17-4-7-20(8-5-17)34-15-19(33)12-31-22(13-32)24(28)29-30-31/h4-10,16,19,32-33H,11-15H2,1-3H3/t16-,19-/m0/s1/i28-4. The Kier molecular flexibility index (Phi) is 10.5. The molecule has 0 aliphatic carbocycles. The van der Waals surface area contributed by atoms with Crippen LogP contribution in [-0.4, -0.2) is 50.4 Å². The molecular weight excluding hydrogens is 692 g/mol. The van der Waals surface area contributed by atoms with E-state index in [1.807, 2.05) is 52.9 Å². The molecular formula is C25H30ClI2N3O4. The van der Waals surface area contributed by atoms with Crippen molar-refractivity contribution < 1.29 is 19.7 Å². The Morgan fingerprint density at radius 2 is 1.80 bits per heavy atom. The third-order valence-electron chi connectivity index (χ3n) is 5.78. The van der Waals surface area contributed by atoms with Crippen molar-refractivity contribution in [2.75, 3.05) is 19.1 Å². The molecule has 0 amide bonds. The van der Waals surface area contributed by atoms with Gasteiger partial charge >= 0.3 is 0 Å². The number of nitrogens with zero attached hydrogens (tertiary/aromatic N) is 3. The number of aliphatic hydroxyl groups excluding tert-OH is 2. The van der Waals surface area contributed by atoms with Gasteiger partial charge in [-0.2, -0.15) is 0 Å². The van der Waals surface area contributed by atoms with Crippen molar-refractivity contribution in [3.63, 3.8) is 0 Å². The zero-order valence-corrected chi connectivity index (χ0v) is 25.0. The third-order valence-corrected chi connectivity index (χ3v) is 7.99. The van der Waals surface area contributed by atoms with E-state index >= 15 is 0 Å². The predicted octanol–water partition coefficient (Wildman–Crippen LogP) is 5.00. The first-order chi connectivity index (χ1) is 16.6. The van der Waals surface area contributed by atoms with Crippen LogP contribution in [0.15, 0.2) is 42.5 Å². The van der Waals surface area contributed by atoms with Crippen molar-refractivity contribution in [1.29, 1.82) is 0 Å². The highest BCUT2D eigenvalue weighted by Crippen LogP contribution is 2.35. The summed E-state index contributed by atoms with van der Waals surface area (Å²) < 4.78 is 14.9. The van der Waals surface area contributed by atoms with Gasteiger partial charge in [0.05, 0.1) is 29.0 Å². The topological polar surface area (TPSA) is 89.6 Å². The van der Waals surface area contributed by atoms with Gasteiger partial charge in [0.2, 0.25) is 0 Å². The van der Waals surface area contributed by atoms with E-state index in [-0.39, 0.29) is 25.2 Å². The molecule has 10 heteroatoms. The molecule has 0 fully saturated rings. The molecule has 190 valence electrons. The van der Waals surface area contributed by atoms with E-state index in [0.29, 0.717) is 33.5 Å². The quantitative estimate of drug-likeness (QED) is 0.202. The van der Waals surface area contributed by atoms with Gasteiger partial charge in [-0.25, -0.2) is 4.68 Å². The molecule has 0 bridgehead atoms. The zero-order valence-electron chi connectivity index (χ0n) is 19.9. The summed E-state index contributed by atoms with van der Waals surface area (Å²) in [5.74, 6) is 2.42. The SMILES string of the molecule is C[C@@H](CCl)COc1ccc(C(C)(C)c2ccc(OC[C@@H](O)Cn3nnc([123I])c3CO)cc2)cc1I. The van der Waals surface area contributed by atoms with Crippen molar-refractivity contribution in [1.82, 2.24) is 15.0 Å². The number of aliphatic hydroxyl groups is 2. The Balaban J connectivity index is 1.61. The maximum Gasteiger partial charge on any atom is 0.149 e. The normalized spacial score (nSPS) is 13.5. The number of hydrogen-bond acceptors (Lipinski definition) is 6. The summed E-state index contributed by atoms with van der Waals surface area (Å²) in [7, 11) is 0. The molecule has 0 unspecified atom stereocenters. The van der Waals surface area contributed by atoms with Crippen LogP contribution in [0.25, 0.3) is 0 Å². The van der Waals surface area contributed by atoms with Crippen LogP contribution in [0.3, 0.4) is 0 Å². The molecule has 0 aliphatic rings. The maximum atomic E-state index is 10.3. The number of rotatable bonds is 12. The summed E-state index contributed by atoms with van der Waals surface area (Å²) in [6.45, 7) is 7.15. The van der Waals surface area contributed by atoms with Gasteiger partial charge in [0.15, 0.2) is 0 Å². The predicted molar refractivity (Wildman–Crippen MR) is 153 cm³/mol. The van der Waals surface area contributed by atoms with Gasteiger partial charge in [0.25, 0.3) is 0 Å². The van der Waals surface area contributed by atoms with Crippen molar-refractivity contribution >= 4 is 56.8 Å². The van der Waals surface area contributed by atoms with E-state index in [4.69, 9.17) is 21.1 Å². The lowest BCUT2D eigenvalue weighted by molar-refractivity contribution is 0.0866. The summed E-state index contributed by atoms with van der Waals surface area (Å²) >= 11 is 10.2. The summed E-state index contributed by atoms with van der Waals surface area (Å²) in [6.07, 6.45) is -0.788. The molecule has 3 rings (SSSR count). The van der Waals surface area contributed by atoms with E-state index in [1.54, 1.807) is 0 Å². The second-order valence-corrected chi connectivity index (χ2v) is 11.5. The Morgan fingerprint density at radius 3 is 2.43 bits per heavy atom. The minimum absolute atomic E-state index is 0.103. The van der Waals surface area contributed by atoms with Gasteiger partial charge < -0.3 is 19.7 Å². The highest BCUT2D eigenvalue weighted by atomic mass is 127. The number of aromatic nitrogens is 3. The fourth-order valence-corrected chi connectivity index (χ4v) is 4.77. The van der Waals surface area contributed by atoms with Crippen molar-refractivity contribution in [2.24, 2.45) is 5.92 Å². The van der Waals surface area contributed by atoms with Crippen LogP contribution >= 0.6 is 56.8 Å². The van der Waals surface area contributed by atoms with Crippen LogP contribution in [0.2, 0.25) is 0 Å². The lowest BCUT2D eigenvalue weighted by atomic mass is 9.78. The minimum Gasteiger partial charge on any atom is -0.492 e. The van der Waals surface area contributed by atoms with Crippen LogP contribution in [0.4, 0.5) is 0 Å². The molecule has 0 aliphatic heterocycles. The molecule has 2 N–H and O–H groups in total. The van der Waals surface area contributed by atoms with Crippen molar-refractivity contribution in [3.05, 3.63) is 66.6 Å². The molecule has 0 saturated heterocycles. The lowest BCUT2D eigenvalue weighted by Gasteiger charge is -2.27. The molecule has 0 saturated carbocycles. The van der Waals surface area contributed by atoms with Crippen molar-refractivity contribution in [2.45, 2.75) is 45.4 Å². The average Bonchev–Trinajstić information content (AvgIpc) is 3.20. The number of halogens is 3. The fraction of sp³-hybridized carbons (Fsp3) is 0.440. The monoisotopic (exact) mass is 721 g/mol. The Bertz CT molecular complexity index is 1110. The zero-order chi connectivity index (χ0) is 25.6. The molecule has 2 aromatic carbocycles. The summed E-state index contributed by atoms with van der Waals surface area (Å²) in [5, 5.41) is 27.7. The largest absolute Gasteiger partial charge is 0.492 e.